The van der Waals surface area contributed by atoms with E-state index in [9.17, 15) is 4.39 Å². The second kappa shape index (κ2) is 4.51. The average Bonchev–Trinajstić information content (AvgIpc) is 2.70. The normalized spacial score (nSPS) is 11.1. The van der Waals surface area contributed by atoms with E-state index in [1.807, 2.05) is 18.3 Å². The fourth-order valence-corrected chi connectivity index (χ4v) is 2.35. The van der Waals surface area contributed by atoms with Crippen LogP contribution < -0.4 is 5.73 Å². The molecule has 0 radical (unpaired) electrons. The molecule has 0 bridgehead atoms. The molecule has 0 spiro atoms. The Morgan fingerprint density at radius 3 is 2.79 bits per heavy atom. The van der Waals surface area contributed by atoms with E-state index in [0.29, 0.717) is 22.7 Å². The number of benzene rings is 1. The minimum absolute atomic E-state index is 0.0776. The number of hydrogen-bond donors (Lipinski definition) is 1. The Kier molecular flexibility index (Phi) is 2.95. The summed E-state index contributed by atoms with van der Waals surface area (Å²) in [5.41, 5.74) is 7.88. The molecule has 0 saturated heterocycles. The number of fused-ring (bicyclic) bond motifs is 1. The Morgan fingerprint density at radius 2 is 2.05 bits per heavy atom. The van der Waals surface area contributed by atoms with Crippen molar-refractivity contribution in [3.63, 3.8) is 0 Å². The van der Waals surface area contributed by atoms with Gasteiger partial charge in [-0.2, -0.15) is 0 Å². The maximum Gasteiger partial charge on any atom is 0.142 e. The molecular formula is C13H8BrClFN3. The number of imidazole rings is 1. The molecule has 2 heterocycles. The van der Waals surface area contributed by atoms with Crippen LogP contribution >= 0.6 is 27.5 Å². The summed E-state index contributed by atoms with van der Waals surface area (Å²) >= 11 is 9.04. The largest absolute Gasteiger partial charge is 0.383 e. The molecular weight excluding hydrogens is 333 g/mol. The highest BCUT2D eigenvalue weighted by Gasteiger charge is 2.13. The van der Waals surface area contributed by atoms with Crippen molar-refractivity contribution in [1.29, 1.82) is 0 Å². The van der Waals surface area contributed by atoms with Crippen LogP contribution in [-0.4, -0.2) is 9.38 Å². The zero-order valence-electron chi connectivity index (χ0n) is 9.57. The third-order valence-corrected chi connectivity index (χ3v) is 3.59. The lowest BCUT2D eigenvalue weighted by molar-refractivity contribution is 0.629. The van der Waals surface area contributed by atoms with Gasteiger partial charge in [0.25, 0.3) is 0 Å². The maximum absolute atomic E-state index is 13.5. The van der Waals surface area contributed by atoms with Gasteiger partial charge in [0, 0.05) is 16.2 Å². The van der Waals surface area contributed by atoms with Crippen LogP contribution in [-0.2, 0) is 0 Å². The Hall–Kier alpha value is -1.59. The van der Waals surface area contributed by atoms with Crippen LogP contribution in [0.15, 0.2) is 41.0 Å². The van der Waals surface area contributed by atoms with Crippen molar-refractivity contribution in [3.8, 4) is 11.3 Å². The van der Waals surface area contributed by atoms with E-state index in [-0.39, 0.29) is 5.02 Å². The third kappa shape index (κ3) is 2.09. The Labute approximate surface area is 122 Å². The standard InChI is InChI=1S/C13H8BrClFN3/c14-8-2-4-11-18-12(13(17)19(11)6-8)7-1-3-9(15)10(16)5-7/h1-6H,17H2. The topological polar surface area (TPSA) is 43.3 Å². The zero-order valence-corrected chi connectivity index (χ0v) is 11.9. The minimum atomic E-state index is -0.489. The summed E-state index contributed by atoms with van der Waals surface area (Å²) in [5, 5.41) is 0.0776. The number of rotatable bonds is 1. The molecule has 0 aliphatic carbocycles. The lowest BCUT2D eigenvalue weighted by Gasteiger charge is -2.01. The highest BCUT2D eigenvalue weighted by Crippen LogP contribution is 2.29. The second-order valence-electron chi connectivity index (χ2n) is 4.05. The predicted molar refractivity (Wildman–Crippen MR) is 77.7 cm³/mol. The van der Waals surface area contributed by atoms with Crippen LogP contribution in [0.4, 0.5) is 10.2 Å². The zero-order chi connectivity index (χ0) is 13.6. The summed E-state index contributed by atoms with van der Waals surface area (Å²) in [5.74, 6) is -0.0326. The molecule has 3 aromatic rings. The van der Waals surface area contributed by atoms with E-state index in [1.165, 1.54) is 12.1 Å². The van der Waals surface area contributed by atoms with Crippen LogP contribution in [0.1, 0.15) is 0 Å². The van der Waals surface area contributed by atoms with Crippen LogP contribution in [0.3, 0.4) is 0 Å². The molecule has 0 aliphatic rings. The van der Waals surface area contributed by atoms with Gasteiger partial charge in [-0.1, -0.05) is 17.7 Å². The first kappa shape index (κ1) is 12.4. The van der Waals surface area contributed by atoms with Crippen LogP contribution in [0.2, 0.25) is 5.02 Å². The van der Waals surface area contributed by atoms with E-state index in [0.717, 1.165) is 4.47 Å². The molecule has 3 rings (SSSR count). The number of halogens is 3. The fourth-order valence-electron chi connectivity index (χ4n) is 1.89. The van der Waals surface area contributed by atoms with Gasteiger partial charge in [-0.15, -0.1) is 0 Å². The second-order valence-corrected chi connectivity index (χ2v) is 5.37. The van der Waals surface area contributed by atoms with Crippen molar-refractivity contribution < 1.29 is 4.39 Å². The van der Waals surface area contributed by atoms with Crippen molar-refractivity contribution >= 4 is 39.0 Å². The first-order valence-corrected chi connectivity index (χ1v) is 6.62. The molecule has 0 amide bonds. The van der Waals surface area contributed by atoms with Gasteiger partial charge < -0.3 is 5.73 Å². The monoisotopic (exact) mass is 339 g/mol. The van der Waals surface area contributed by atoms with Crippen molar-refractivity contribution in [1.82, 2.24) is 9.38 Å². The maximum atomic E-state index is 13.5. The van der Waals surface area contributed by atoms with E-state index < -0.39 is 5.82 Å². The molecule has 1 aromatic carbocycles. The first-order valence-electron chi connectivity index (χ1n) is 5.45. The highest BCUT2D eigenvalue weighted by atomic mass is 79.9. The van der Waals surface area contributed by atoms with Gasteiger partial charge in [-0.3, -0.25) is 4.40 Å². The van der Waals surface area contributed by atoms with Gasteiger partial charge in [0.1, 0.15) is 23.0 Å². The van der Waals surface area contributed by atoms with E-state index in [4.69, 9.17) is 17.3 Å². The molecule has 0 unspecified atom stereocenters. The molecule has 6 heteroatoms. The number of nitrogens with zero attached hydrogens (tertiary/aromatic N) is 2. The third-order valence-electron chi connectivity index (χ3n) is 2.81. The van der Waals surface area contributed by atoms with E-state index in [1.54, 1.807) is 10.5 Å². The summed E-state index contributed by atoms with van der Waals surface area (Å²) < 4.78 is 16.1. The predicted octanol–water partition coefficient (Wildman–Crippen LogP) is 4.14. The van der Waals surface area contributed by atoms with Gasteiger partial charge in [0.2, 0.25) is 0 Å². The van der Waals surface area contributed by atoms with E-state index in [2.05, 4.69) is 20.9 Å². The summed E-state index contributed by atoms with van der Waals surface area (Å²) in [7, 11) is 0. The lowest BCUT2D eigenvalue weighted by atomic mass is 10.1. The molecule has 2 N–H and O–H groups in total. The summed E-state index contributed by atoms with van der Waals surface area (Å²) in [6.07, 6.45) is 1.81. The Balaban J connectivity index is 2.24. The Morgan fingerprint density at radius 1 is 1.26 bits per heavy atom. The van der Waals surface area contributed by atoms with Gasteiger partial charge in [0.15, 0.2) is 0 Å². The molecule has 0 aliphatic heterocycles. The van der Waals surface area contributed by atoms with Crippen molar-refractivity contribution in [2.24, 2.45) is 0 Å². The first-order chi connectivity index (χ1) is 9.06. The Bertz CT molecular complexity index is 785. The number of hydrogen-bond acceptors (Lipinski definition) is 2. The SMILES string of the molecule is Nc1c(-c2ccc(Cl)c(F)c2)nc2ccc(Br)cn12. The molecule has 0 saturated carbocycles. The highest BCUT2D eigenvalue weighted by molar-refractivity contribution is 9.10. The van der Waals surface area contributed by atoms with Crippen LogP contribution in [0.5, 0.6) is 0 Å². The summed E-state index contributed by atoms with van der Waals surface area (Å²) in [6, 6.07) is 8.21. The number of aromatic nitrogens is 2. The van der Waals surface area contributed by atoms with E-state index >= 15 is 0 Å². The number of nitrogen functional groups attached to an aromatic ring is 1. The fraction of sp³-hybridized carbons (Fsp3) is 0. The molecule has 3 nitrogen and oxygen atoms in total. The van der Waals surface area contributed by atoms with Crippen molar-refractivity contribution in [2.75, 3.05) is 5.73 Å². The van der Waals surface area contributed by atoms with Crippen molar-refractivity contribution in [2.45, 2.75) is 0 Å². The smallest absolute Gasteiger partial charge is 0.142 e. The van der Waals surface area contributed by atoms with Crippen LogP contribution in [0.25, 0.3) is 16.9 Å². The summed E-state index contributed by atoms with van der Waals surface area (Å²) in [4.78, 5) is 4.40. The summed E-state index contributed by atoms with van der Waals surface area (Å²) in [6.45, 7) is 0. The molecule has 0 atom stereocenters. The van der Waals surface area contributed by atoms with Gasteiger partial charge in [-0.05, 0) is 40.2 Å². The molecule has 19 heavy (non-hydrogen) atoms. The lowest BCUT2D eigenvalue weighted by Crippen LogP contribution is -1.94. The molecule has 2 aromatic heterocycles. The van der Waals surface area contributed by atoms with Gasteiger partial charge in [0.05, 0.1) is 5.02 Å². The average molecular weight is 341 g/mol. The van der Waals surface area contributed by atoms with Gasteiger partial charge in [-0.25, -0.2) is 9.37 Å². The van der Waals surface area contributed by atoms with Gasteiger partial charge >= 0.3 is 0 Å². The number of nitrogens with two attached hydrogens (primary N) is 1. The minimum Gasteiger partial charge on any atom is -0.383 e. The number of pyridine rings is 1. The number of anilines is 1. The molecule has 96 valence electrons. The van der Waals surface area contributed by atoms with Crippen LogP contribution in [0, 0.1) is 5.82 Å². The molecule has 0 fully saturated rings. The quantitative estimate of drug-likeness (QED) is 0.723. The van der Waals surface area contributed by atoms with Crippen molar-refractivity contribution in [3.05, 3.63) is 51.8 Å².